The van der Waals surface area contributed by atoms with Crippen molar-refractivity contribution in [3.63, 3.8) is 0 Å². The summed E-state index contributed by atoms with van der Waals surface area (Å²) in [5.41, 5.74) is 4.30. The summed E-state index contributed by atoms with van der Waals surface area (Å²) in [4.78, 5) is 11.8. The SMILES string of the molecule is CCc1ccc(OCC(=O)N/N=C\c2cc(Cl)c3c(c2)OCO3)cc1. The summed E-state index contributed by atoms with van der Waals surface area (Å²) in [5.74, 6) is 1.35. The van der Waals surface area contributed by atoms with Gasteiger partial charge in [0, 0.05) is 0 Å². The van der Waals surface area contributed by atoms with E-state index in [1.807, 2.05) is 24.3 Å². The summed E-state index contributed by atoms with van der Waals surface area (Å²) in [6.07, 6.45) is 2.43. The fourth-order valence-corrected chi connectivity index (χ4v) is 2.52. The van der Waals surface area contributed by atoms with Crippen molar-refractivity contribution in [2.75, 3.05) is 13.4 Å². The first-order valence-electron chi connectivity index (χ1n) is 7.78. The van der Waals surface area contributed by atoms with Crippen molar-refractivity contribution < 1.29 is 19.0 Å². The summed E-state index contributed by atoms with van der Waals surface area (Å²) in [6, 6.07) is 11.0. The molecule has 7 heteroatoms. The minimum absolute atomic E-state index is 0.120. The summed E-state index contributed by atoms with van der Waals surface area (Å²) in [5, 5.41) is 4.32. The van der Waals surface area contributed by atoms with Crippen LogP contribution in [0.2, 0.25) is 5.02 Å². The zero-order chi connectivity index (χ0) is 17.6. The number of rotatable bonds is 6. The van der Waals surface area contributed by atoms with E-state index in [0.29, 0.717) is 27.8 Å². The number of benzene rings is 2. The lowest BCUT2D eigenvalue weighted by atomic mass is 10.2. The standard InChI is InChI=1S/C18H17ClN2O4/c1-2-12-3-5-14(6-4-12)23-10-17(22)21-20-9-13-7-15(19)18-16(8-13)24-11-25-18/h3-9H,2,10-11H2,1H3,(H,21,22)/b20-9-. The van der Waals surface area contributed by atoms with E-state index in [-0.39, 0.29) is 19.3 Å². The van der Waals surface area contributed by atoms with Crippen LogP contribution in [-0.2, 0) is 11.2 Å². The van der Waals surface area contributed by atoms with Gasteiger partial charge in [0.1, 0.15) is 5.75 Å². The van der Waals surface area contributed by atoms with Crippen LogP contribution in [0.4, 0.5) is 0 Å². The Hall–Kier alpha value is -2.73. The third-order valence-corrected chi connectivity index (χ3v) is 3.83. The molecule has 0 aliphatic carbocycles. The van der Waals surface area contributed by atoms with E-state index in [1.165, 1.54) is 11.8 Å². The van der Waals surface area contributed by atoms with E-state index in [0.717, 1.165) is 6.42 Å². The number of fused-ring (bicyclic) bond motifs is 1. The second kappa shape index (κ2) is 7.90. The highest BCUT2D eigenvalue weighted by molar-refractivity contribution is 6.32. The van der Waals surface area contributed by atoms with E-state index < -0.39 is 0 Å². The molecule has 2 aromatic rings. The molecule has 0 bridgehead atoms. The molecule has 0 unspecified atom stereocenters. The maximum atomic E-state index is 11.8. The third-order valence-electron chi connectivity index (χ3n) is 3.55. The van der Waals surface area contributed by atoms with E-state index in [4.69, 9.17) is 25.8 Å². The van der Waals surface area contributed by atoms with Gasteiger partial charge in [-0.25, -0.2) is 5.43 Å². The quantitative estimate of drug-likeness (QED) is 0.634. The molecule has 1 amide bonds. The highest BCUT2D eigenvalue weighted by Gasteiger charge is 2.17. The fourth-order valence-electron chi connectivity index (χ4n) is 2.24. The summed E-state index contributed by atoms with van der Waals surface area (Å²) >= 11 is 6.08. The fraction of sp³-hybridized carbons (Fsp3) is 0.222. The summed E-state index contributed by atoms with van der Waals surface area (Å²) < 4.78 is 15.9. The number of hydrogen-bond donors (Lipinski definition) is 1. The Morgan fingerprint density at radius 2 is 2.12 bits per heavy atom. The van der Waals surface area contributed by atoms with Gasteiger partial charge in [0.2, 0.25) is 6.79 Å². The number of halogens is 1. The molecule has 1 aliphatic rings. The second-order valence-electron chi connectivity index (χ2n) is 5.32. The van der Waals surface area contributed by atoms with Crippen LogP contribution in [0.5, 0.6) is 17.2 Å². The Bertz CT molecular complexity index is 790. The van der Waals surface area contributed by atoms with Gasteiger partial charge in [-0.3, -0.25) is 4.79 Å². The number of ether oxygens (including phenoxy) is 3. The lowest BCUT2D eigenvalue weighted by molar-refractivity contribution is -0.123. The molecule has 1 N–H and O–H groups in total. The number of amides is 1. The van der Waals surface area contributed by atoms with Crippen molar-refractivity contribution in [3.05, 3.63) is 52.5 Å². The van der Waals surface area contributed by atoms with E-state index in [2.05, 4.69) is 17.5 Å². The van der Waals surface area contributed by atoms with Crippen LogP contribution >= 0.6 is 11.6 Å². The van der Waals surface area contributed by atoms with Crippen molar-refractivity contribution in [1.82, 2.24) is 5.43 Å². The van der Waals surface area contributed by atoms with E-state index in [1.54, 1.807) is 12.1 Å². The number of aryl methyl sites for hydroxylation is 1. The van der Waals surface area contributed by atoms with Crippen molar-refractivity contribution in [2.24, 2.45) is 5.10 Å². The van der Waals surface area contributed by atoms with Crippen LogP contribution in [0.3, 0.4) is 0 Å². The van der Waals surface area contributed by atoms with E-state index in [9.17, 15) is 4.79 Å². The predicted octanol–water partition coefficient (Wildman–Crippen LogP) is 3.16. The molecule has 0 atom stereocenters. The third kappa shape index (κ3) is 4.42. The highest BCUT2D eigenvalue weighted by atomic mass is 35.5. The smallest absolute Gasteiger partial charge is 0.277 e. The monoisotopic (exact) mass is 360 g/mol. The molecule has 6 nitrogen and oxygen atoms in total. The molecule has 0 radical (unpaired) electrons. The first-order valence-corrected chi connectivity index (χ1v) is 8.16. The van der Waals surface area contributed by atoms with Crippen molar-refractivity contribution in [2.45, 2.75) is 13.3 Å². The van der Waals surface area contributed by atoms with Crippen molar-refractivity contribution in [1.29, 1.82) is 0 Å². The van der Waals surface area contributed by atoms with Gasteiger partial charge in [-0.1, -0.05) is 30.7 Å². The topological polar surface area (TPSA) is 69.2 Å². The molecule has 0 fully saturated rings. The molecular weight excluding hydrogens is 344 g/mol. The van der Waals surface area contributed by atoms with Gasteiger partial charge in [0.15, 0.2) is 18.1 Å². The van der Waals surface area contributed by atoms with Crippen LogP contribution < -0.4 is 19.6 Å². The number of carbonyl (C=O) groups excluding carboxylic acids is 1. The molecule has 2 aromatic carbocycles. The Balaban J connectivity index is 1.50. The van der Waals surface area contributed by atoms with Crippen LogP contribution in [0, 0.1) is 0 Å². The molecule has 1 aliphatic heterocycles. The molecule has 3 rings (SSSR count). The maximum Gasteiger partial charge on any atom is 0.277 e. The minimum Gasteiger partial charge on any atom is -0.484 e. The van der Waals surface area contributed by atoms with Crippen LogP contribution in [-0.4, -0.2) is 25.5 Å². The normalized spacial score (nSPS) is 12.4. The number of nitrogens with zero attached hydrogens (tertiary/aromatic N) is 1. The summed E-state index contributed by atoms with van der Waals surface area (Å²) in [7, 11) is 0. The Morgan fingerprint density at radius 1 is 1.32 bits per heavy atom. The van der Waals surface area contributed by atoms with Gasteiger partial charge in [-0.15, -0.1) is 0 Å². The average Bonchev–Trinajstić information content (AvgIpc) is 3.09. The summed E-state index contributed by atoms with van der Waals surface area (Å²) in [6.45, 7) is 2.10. The highest BCUT2D eigenvalue weighted by Crippen LogP contribution is 2.39. The number of hydrazone groups is 1. The molecule has 1 heterocycles. The lowest BCUT2D eigenvalue weighted by Gasteiger charge is -2.05. The van der Waals surface area contributed by atoms with Gasteiger partial charge < -0.3 is 14.2 Å². The maximum absolute atomic E-state index is 11.8. The molecule has 130 valence electrons. The molecule has 25 heavy (non-hydrogen) atoms. The largest absolute Gasteiger partial charge is 0.484 e. The van der Waals surface area contributed by atoms with Gasteiger partial charge >= 0.3 is 0 Å². The Labute approximate surface area is 150 Å². The van der Waals surface area contributed by atoms with Gasteiger partial charge in [0.05, 0.1) is 11.2 Å². The number of carbonyl (C=O) groups is 1. The molecule has 0 spiro atoms. The van der Waals surface area contributed by atoms with Crippen molar-refractivity contribution in [3.8, 4) is 17.2 Å². The Morgan fingerprint density at radius 3 is 2.88 bits per heavy atom. The minimum atomic E-state index is -0.359. The van der Waals surface area contributed by atoms with Crippen molar-refractivity contribution >= 4 is 23.7 Å². The van der Waals surface area contributed by atoms with Gasteiger partial charge in [-0.05, 0) is 41.8 Å². The average molecular weight is 361 g/mol. The molecular formula is C18H17ClN2O4. The van der Waals surface area contributed by atoms with Gasteiger partial charge in [0.25, 0.3) is 5.91 Å². The van der Waals surface area contributed by atoms with Crippen LogP contribution in [0.1, 0.15) is 18.1 Å². The second-order valence-corrected chi connectivity index (χ2v) is 5.72. The number of hydrogen-bond acceptors (Lipinski definition) is 5. The first-order chi connectivity index (χ1) is 12.2. The van der Waals surface area contributed by atoms with E-state index >= 15 is 0 Å². The predicted molar refractivity (Wildman–Crippen MR) is 94.6 cm³/mol. The molecule has 0 aromatic heterocycles. The zero-order valence-corrected chi connectivity index (χ0v) is 14.4. The van der Waals surface area contributed by atoms with Crippen LogP contribution in [0.25, 0.3) is 0 Å². The lowest BCUT2D eigenvalue weighted by Crippen LogP contribution is -2.24. The Kier molecular flexibility index (Phi) is 5.40. The molecule has 0 saturated heterocycles. The zero-order valence-electron chi connectivity index (χ0n) is 13.6. The molecule has 0 saturated carbocycles. The number of nitrogens with one attached hydrogen (secondary N) is 1. The first kappa shape index (κ1) is 17.1. The van der Waals surface area contributed by atoms with Gasteiger partial charge in [-0.2, -0.15) is 5.10 Å². The van der Waals surface area contributed by atoms with Crippen LogP contribution in [0.15, 0.2) is 41.5 Å².